The van der Waals surface area contributed by atoms with E-state index in [4.69, 9.17) is 0 Å². The van der Waals surface area contributed by atoms with Crippen LogP contribution >= 0.6 is 0 Å². The van der Waals surface area contributed by atoms with Gasteiger partial charge in [-0.3, -0.25) is 4.98 Å². The van der Waals surface area contributed by atoms with Crippen LogP contribution in [-0.2, 0) is 11.0 Å². The Morgan fingerprint density at radius 2 is 2.21 bits per heavy atom. The van der Waals surface area contributed by atoms with E-state index >= 15 is 0 Å². The highest BCUT2D eigenvalue weighted by molar-refractivity contribution is 7.85. The smallest absolute Gasteiger partial charge is 0.144 e. The predicted octanol–water partition coefficient (Wildman–Crippen LogP) is 1.96. The fourth-order valence-corrected chi connectivity index (χ4v) is 1.25. The molecule has 0 spiro atoms. The standard InChI is InChI=1S/C10H14N2OS/c1-10(2,3)14(13)12-8-9-5-4-6-11-7-9/h4-8H,1-3H3/t14-/m0/s1. The molecule has 0 bridgehead atoms. The van der Waals surface area contributed by atoms with Crippen LogP contribution < -0.4 is 0 Å². The molecule has 0 aliphatic rings. The van der Waals surface area contributed by atoms with E-state index in [1.165, 1.54) is 0 Å². The minimum absolute atomic E-state index is 0.307. The Hall–Kier alpha value is -1.03. The summed E-state index contributed by atoms with van der Waals surface area (Å²) in [6.45, 7) is 5.68. The van der Waals surface area contributed by atoms with E-state index in [-0.39, 0.29) is 4.75 Å². The molecule has 1 heterocycles. The highest BCUT2D eigenvalue weighted by Crippen LogP contribution is 2.11. The molecule has 0 radical (unpaired) electrons. The van der Waals surface area contributed by atoms with Crippen LogP contribution in [-0.4, -0.2) is 20.2 Å². The molecular formula is C10H14N2OS. The number of aromatic nitrogens is 1. The number of nitrogens with zero attached hydrogens (tertiary/aromatic N) is 2. The molecular weight excluding hydrogens is 196 g/mol. The SMILES string of the molecule is CC(C)(C)[S@](=O)N=Cc1cccnc1. The molecule has 0 unspecified atom stereocenters. The highest BCUT2D eigenvalue weighted by Gasteiger charge is 2.17. The molecule has 3 nitrogen and oxygen atoms in total. The molecule has 0 amide bonds. The van der Waals surface area contributed by atoms with Crippen LogP contribution in [0.5, 0.6) is 0 Å². The van der Waals surface area contributed by atoms with Gasteiger partial charge in [-0.05, 0) is 26.8 Å². The molecule has 0 saturated heterocycles. The average molecular weight is 210 g/mol. The topological polar surface area (TPSA) is 42.3 Å². The van der Waals surface area contributed by atoms with Crippen molar-refractivity contribution in [1.82, 2.24) is 4.98 Å². The fourth-order valence-electron chi connectivity index (χ4n) is 0.719. The zero-order chi connectivity index (χ0) is 10.6. The molecule has 76 valence electrons. The van der Waals surface area contributed by atoms with Gasteiger partial charge in [0.1, 0.15) is 11.0 Å². The van der Waals surface area contributed by atoms with Crippen molar-refractivity contribution in [2.45, 2.75) is 25.5 Å². The molecule has 0 saturated carbocycles. The van der Waals surface area contributed by atoms with Crippen molar-refractivity contribution in [2.24, 2.45) is 4.40 Å². The highest BCUT2D eigenvalue weighted by atomic mass is 32.2. The first-order valence-electron chi connectivity index (χ1n) is 4.36. The van der Waals surface area contributed by atoms with E-state index in [9.17, 15) is 4.21 Å². The van der Waals surface area contributed by atoms with E-state index in [2.05, 4.69) is 9.38 Å². The Balaban J connectivity index is 2.71. The lowest BCUT2D eigenvalue weighted by Crippen LogP contribution is -2.19. The van der Waals surface area contributed by atoms with Gasteiger partial charge in [0.2, 0.25) is 0 Å². The Labute approximate surface area is 86.9 Å². The Bertz CT molecular complexity index is 341. The van der Waals surface area contributed by atoms with Crippen molar-refractivity contribution in [3.8, 4) is 0 Å². The first kappa shape index (κ1) is 11.0. The van der Waals surface area contributed by atoms with Crippen LogP contribution in [0.2, 0.25) is 0 Å². The summed E-state index contributed by atoms with van der Waals surface area (Å²) in [6, 6.07) is 3.69. The van der Waals surface area contributed by atoms with Gasteiger partial charge in [0.15, 0.2) is 0 Å². The Morgan fingerprint density at radius 3 is 2.71 bits per heavy atom. The summed E-state index contributed by atoms with van der Waals surface area (Å²) in [6.07, 6.45) is 4.97. The zero-order valence-corrected chi connectivity index (χ0v) is 9.41. The normalized spacial score (nSPS) is 14.5. The van der Waals surface area contributed by atoms with E-state index in [0.29, 0.717) is 0 Å². The Morgan fingerprint density at radius 1 is 1.50 bits per heavy atom. The molecule has 0 N–H and O–H groups in total. The van der Waals surface area contributed by atoms with Crippen LogP contribution in [0, 0.1) is 0 Å². The van der Waals surface area contributed by atoms with E-state index < -0.39 is 11.0 Å². The lowest BCUT2D eigenvalue weighted by atomic mass is 10.3. The largest absolute Gasteiger partial charge is 0.264 e. The maximum atomic E-state index is 11.5. The first-order chi connectivity index (χ1) is 6.50. The molecule has 0 aromatic carbocycles. The molecule has 14 heavy (non-hydrogen) atoms. The molecule has 1 aromatic heterocycles. The van der Waals surface area contributed by atoms with Crippen molar-refractivity contribution < 1.29 is 4.21 Å². The quantitative estimate of drug-likeness (QED) is 0.700. The second-order valence-electron chi connectivity index (χ2n) is 3.88. The van der Waals surface area contributed by atoms with Crippen molar-refractivity contribution >= 4 is 17.2 Å². The van der Waals surface area contributed by atoms with Crippen LogP contribution in [0.1, 0.15) is 26.3 Å². The summed E-state index contributed by atoms with van der Waals surface area (Å²) in [5.74, 6) is 0. The third-order valence-electron chi connectivity index (χ3n) is 1.51. The average Bonchev–Trinajstić information content (AvgIpc) is 2.14. The van der Waals surface area contributed by atoms with Crippen molar-refractivity contribution in [2.75, 3.05) is 0 Å². The molecule has 4 heteroatoms. The summed E-state index contributed by atoms with van der Waals surface area (Å²) in [7, 11) is -1.20. The van der Waals surface area contributed by atoms with Gasteiger partial charge in [-0.2, -0.15) is 4.40 Å². The third-order valence-corrected chi connectivity index (χ3v) is 2.85. The maximum absolute atomic E-state index is 11.5. The molecule has 1 rings (SSSR count). The van der Waals surface area contributed by atoms with E-state index in [1.807, 2.05) is 32.9 Å². The van der Waals surface area contributed by atoms with Gasteiger partial charge >= 0.3 is 0 Å². The van der Waals surface area contributed by atoms with Crippen molar-refractivity contribution in [3.05, 3.63) is 30.1 Å². The van der Waals surface area contributed by atoms with Crippen molar-refractivity contribution in [3.63, 3.8) is 0 Å². The van der Waals surface area contributed by atoms with E-state index in [0.717, 1.165) is 5.56 Å². The monoisotopic (exact) mass is 210 g/mol. The predicted molar refractivity (Wildman–Crippen MR) is 59.7 cm³/mol. The minimum atomic E-state index is -1.20. The van der Waals surface area contributed by atoms with Gasteiger partial charge in [-0.15, -0.1) is 0 Å². The number of pyridine rings is 1. The fraction of sp³-hybridized carbons (Fsp3) is 0.400. The van der Waals surface area contributed by atoms with Gasteiger partial charge in [0.05, 0.1) is 4.75 Å². The lowest BCUT2D eigenvalue weighted by Gasteiger charge is -2.12. The first-order valence-corrected chi connectivity index (χ1v) is 5.47. The number of hydrogen-bond acceptors (Lipinski definition) is 2. The second-order valence-corrected chi connectivity index (χ2v) is 5.82. The minimum Gasteiger partial charge on any atom is -0.264 e. The van der Waals surface area contributed by atoms with Gasteiger partial charge in [0.25, 0.3) is 0 Å². The maximum Gasteiger partial charge on any atom is 0.144 e. The number of hydrogen-bond donors (Lipinski definition) is 0. The molecule has 1 atom stereocenters. The van der Waals surface area contributed by atoms with Gasteiger partial charge in [-0.25, -0.2) is 4.21 Å². The number of rotatable bonds is 2. The van der Waals surface area contributed by atoms with Crippen LogP contribution in [0.25, 0.3) is 0 Å². The third kappa shape index (κ3) is 3.38. The van der Waals surface area contributed by atoms with Crippen LogP contribution in [0.3, 0.4) is 0 Å². The van der Waals surface area contributed by atoms with Gasteiger partial charge in [-0.1, -0.05) is 6.07 Å². The van der Waals surface area contributed by atoms with Crippen LogP contribution in [0.15, 0.2) is 28.9 Å². The summed E-state index contributed by atoms with van der Waals surface area (Å²) in [4.78, 5) is 3.93. The van der Waals surface area contributed by atoms with Crippen molar-refractivity contribution in [1.29, 1.82) is 0 Å². The van der Waals surface area contributed by atoms with Gasteiger partial charge in [0, 0.05) is 24.2 Å². The molecule has 0 aliphatic carbocycles. The van der Waals surface area contributed by atoms with Crippen LogP contribution in [0.4, 0.5) is 0 Å². The van der Waals surface area contributed by atoms with E-state index in [1.54, 1.807) is 18.6 Å². The lowest BCUT2D eigenvalue weighted by molar-refractivity contribution is 0.651. The Kier molecular flexibility index (Phi) is 3.52. The molecule has 0 fully saturated rings. The summed E-state index contributed by atoms with van der Waals surface area (Å²) in [5.41, 5.74) is 0.866. The summed E-state index contributed by atoms with van der Waals surface area (Å²) >= 11 is 0. The zero-order valence-electron chi connectivity index (χ0n) is 8.60. The summed E-state index contributed by atoms with van der Waals surface area (Å²) in [5, 5.41) is 0. The molecule has 1 aromatic rings. The second kappa shape index (κ2) is 4.46. The summed E-state index contributed by atoms with van der Waals surface area (Å²) < 4.78 is 15.2. The van der Waals surface area contributed by atoms with Gasteiger partial charge < -0.3 is 0 Å². The molecule has 0 aliphatic heterocycles.